The number of carbonyl (C=O) groups is 2. The van der Waals surface area contributed by atoms with Crippen molar-refractivity contribution >= 4 is 27.7 Å². The lowest BCUT2D eigenvalue weighted by atomic mass is 9.69. The minimum atomic E-state index is -10.1. The standard InChI is InChI=1S/C25H24F8N4O3S/c26-16-11-15(12-35-13-16)21(22(38)36-17-5-9-25(27,28)10-6-17)37(23(39)20-7-8-24(20,40)14-34)18-1-3-19(4-2-18)41(29,30,31,32)33/h1-4,11-13,17,20-21,40H,5-10H2,(H,36,38). The number of amides is 2. The smallest absolute Gasteiger partial charge is 0.310 e. The van der Waals surface area contributed by atoms with Crippen molar-refractivity contribution in [2.24, 2.45) is 5.92 Å². The Kier molecular flexibility index (Phi) is 7.11. The van der Waals surface area contributed by atoms with E-state index in [0.29, 0.717) is 17.0 Å². The van der Waals surface area contributed by atoms with E-state index in [2.05, 4.69) is 10.3 Å². The molecule has 16 heteroatoms. The summed E-state index contributed by atoms with van der Waals surface area (Å²) in [5, 5.41) is 22.4. The lowest BCUT2D eigenvalue weighted by Crippen LogP contribution is -2.57. The Balaban J connectivity index is 1.81. The van der Waals surface area contributed by atoms with E-state index >= 15 is 0 Å². The minimum Gasteiger partial charge on any atom is -0.375 e. The molecule has 2 aliphatic carbocycles. The van der Waals surface area contributed by atoms with Crippen molar-refractivity contribution in [2.75, 3.05) is 4.90 Å². The van der Waals surface area contributed by atoms with Gasteiger partial charge in [-0.2, -0.15) is 5.26 Å². The van der Waals surface area contributed by atoms with Gasteiger partial charge in [0.15, 0.2) is 5.60 Å². The van der Waals surface area contributed by atoms with Gasteiger partial charge in [-0.05, 0) is 56.0 Å². The lowest BCUT2D eigenvalue weighted by molar-refractivity contribution is -0.140. The Hall–Kier alpha value is -3.45. The average molecular weight is 613 g/mol. The first-order valence-electron chi connectivity index (χ1n) is 12.3. The minimum absolute atomic E-state index is 0.0104. The summed E-state index contributed by atoms with van der Waals surface area (Å²) in [5.74, 6) is -7.60. The molecular weight excluding hydrogens is 588 g/mol. The fourth-order valence-corrected chi connectivity index (χ4v) is 5.57. The van der Waals surface area contributed by atoms with Crippen molar-refractivity contribution < 1.29 is 47.3 Å². The third kappa shape index (κ3) is 6.56. The number of benzene rings is 1. The number of anilines is 1. The van der Waals surface area contributed by atoms with Crippen molar-refractivity contribution in [3.63, 3.8) is 0 Å². The van der Waals surface area contributed by atoms with Gasteiger partial charge in [-0.3, -0.25) is 19.5 Å². The van der Waals surface area contributed by atoms with Crippen molar-refractivity contribution in [3.05, 3.63) is 54.1 Å². The fourth-order valence-electron chi connectivity index (χ4n) is 4.92. The maximum atomic E-state index is 14.2. The van der Waals surface area contributed by atoms with E-state index in [0.717, 1.165) is 18.5 Å². The van der Waals surface area contributed by atoms with Crippen molar-refractivity contribution in [1.29, 1.82) is 5.26 Å². The number of halogens is 8. The third-order valence-electron chi connectivity index (χ3n) is 7.29. The molecule has 0 aliphatic heterocycles. The van der Waals surface area contributed by atoms with Crippen molar-refractivity contribution in [1.82, 2.24) is 10.3 Å². The molecule has 224 valence electrons. The highest BCUT2D eigenvalue weighted by atomic mass is 32.5. The predicted octanol–water partition coefficient (Wildman–Crippen LogP) is 6.31. The summed E-state index contributed by atoms with van der Waals surface area (Å²) in [6, 6.07) is 0.684. The molecule has 3 atom stereocenters. The molecule has 41 heavy (non-hydrogen) atoms. The molecular formula is C25H24F8N4O3S. The molecule has 2 N–H and O–H groups in total. The second-order valence-electron chi connectivity index (χ2n) is 10.3. The van der Waals surface area contributed by atoms with Crippen LogP contribution in [0.25, 0.3) is 0 Å². The van der Waals surface area contributed by atoms with Gasteiger partial charge in [0.05, 0.1) is 18.2 Å². The van der Waals surface area contributed by atoms with Gasteiger partial charge in [0.2, 0.25) is 17.7 Å². The number of aliphatic hydroxyl groups is 1. The SMILES string of the molecule is N#CC1(O)CCC1C(=O)N(c1ccc(S(F)(F)(F)(F)F)cc1)C(C(=O)NC1CCC(F)(F)CC1)c1cncc(F)c1. The van der Waals surface area contributed by atoms with E-state index in [1.54, 1.807) is 6.07 Å². The Morgan fingerprint density at radius 3 is 2.15 bits per heavy atom. The number of alkyl halides is 2. The Bertz CT molecular complexity index is 1390. The summed E-state index contributed by atoms with van der Waals surface area (Å²) in [4.78, 5) is 29.3. The third-order valence-corrected chi connectivity index (χ3v) is 8.45. The number of carbonyl (C=O) groups excluding carboxylic acids is 2. The average Bonchev–Trinajstić information content (AvgIpc) is 2.85. The van der Waals surface area contributed by atoms with Crippen LogP contribution in [0.2, 0.25) is 0 Å². The van der Waals surface area contributed by atoms with E-state index in [4.69, 9.17) is 0 Å². The number of pyridine rings is 1. The van der Waals surface area contributed by atoms with Crippen molar-refractivity contribution in [3.8, 4) is 6.07 Å². The van der Waals surface area contributed by atoms with Crippen LogP contribution in [0, 0.1) is 23.1 Å². The van der Waals surface area contributed by atoms with Gasteiger partial charge < -0.3 is 10.4 Å². The topological polar surface area (TPSA) is 106 Å². The molecule has 2 aliphatic rings. The largest absolute Gasteiger partial charge is 0.375 e. The molecule has 0 bridgehead atoms. The molecule has 4 rings (SSSR count). The van der Waals surface area contributed by atoms with Gasteiger partial charge in [0.25, 0.3) is 0 Å². The maximum absolute atomic E-state index is 14.2. The lowest BCUT2D eigenvalue weighted by Gasteiger charge is -2.43. The Morgan fingerprint density at radius 2 is 1.66 bits per heavy atom. The number of nitriles is 1. The van der Waals surface area contributed by atoms with E-state index in [-0.39, 0.29) is 43.4 Å². The number of hydrogen-bond acceptors (Lipinski definition) is 5. The zero-order valence-corrected chi connectivity index (χ0v) is 21.9. The number of nitrogens with zero attached hydrogens (tertiary/aromatic N) is 3. The van der Waals surface area contributed by atoms with Crippen LogP contribution >= 0.6 is 10.2 Å². The molecule has 1 aromatic carbocycles. The van der Waals surface area contributed by atoms with Crippen LogP contribution in [0.5, 0.6) is 0 Å². The quantitative estimate of drug-likeness (QED) is 0.282. The number of rotatable bonds is 7. The molecule has 0 radical (unpaired) electrons. The van der Waals surface area contributed by atoms with Crippen LogP contribution in [0.1, 0.15) is 50.1 Å². The van der Waals surface area contributed by atoms with Crippen LogP contribution in [0.4, 0.5) is 38.3 Å². The highest BCUT2D eigenvalue weighted by Gasteiger charge is 2.65. The highest BCUT2D eigenvalue weighted by molar-refractivity contribution is 8.45. The van der Waals surface area contributed by atoms with E-state index in [9.17, 15) is 52.6 Å². The molecule has 7 nitrogen and oxygen atoms in total. The number of hydrogen-bond donors (Lipinski definition) is 2. The summed E-state index contributed by atoms with van der Waals surface area (Å²) >= 11 is 0. The van der Waals surface area contributed by atoms with E-state index in [1.807, 2.05) is 0 Å². The first-order chi connectivity index (χ1) is 18.7. The number of nitrogens with one attached hydrogen (secondary N) is 1. The fraction of sp³-hybridized carbons (Fsp3) is 0.440. The van der Waals surface area contributed by atoms with E-state index < -0.39 is 80.8 Å². The molecule has 3 unspecified atom stereocenters. The van der Waals surface area contributed by atoms with Crippen molar-refractivity contribution in [2.45, 2.75) is 67.0 Å². The second-order valence-corrected chi connectivity index (χ2v) is 12.7. The monoisotopic (exact) mass is 612 g/mol. The molecule has 2 amide bonds. The first-order valence-corrected chi connectivity index (χ1v) is 14.3. The highest BCUT2D eigenvalue weighted by Crippen LogP contribution is 3.02. The second kappa shape index (κ2) is 9.55. The molecule has 0 spiro atoms. The summed E-state index contributed by atoms with van der Waals surface area (Å²) < 4.78 is 108. The van der Waals surface area contributed by atoms with Gasteiger partial charge in [-0.25, -0.2) is 13.2 Å². The molecule has 1 aromatic heterocycles. The maximum Gasteiger partial charge on any atom is 0.310 e. The first kappa shape index (κ1) is 30.5. The molecule has 0 saturated heterocycles. The molecule has 2 saturated carbocycles. The molecule has 2 fully saturated rings. The predicted molar refractivity (Wildman–Crippen MR) is 131 cm³/mol. The normalized spacial score (nSPS) is 25.0. The molecule has 1 heterocycles. The van der Waals surface area contributed by atoms with Crippen LogP contribution in [-0.4, -0.2) is 39.5 Å². The zero-order chi connectivity index (χ0) is 30.5. The van der Waals surface area contributed by atoms with Gasteiger partial charge >= 0.3 is 10.2 Å². The zero-order valence-electron chi connectivity index (χ0n) is 21.1. The van der Waals surface area contributed by atoms with Gasteiger partial charge in [-0.1, -0.05) is 19.4 Å². The van der Waals surface area contributed by atoms with Gasteiger partial charge in [0.1, 0.15) is 16.8 Å². The Labute approximate surface area is 228 Å². The number of aromatic nitrogens is 1. The summed E-state index contributed by atoms with van der Waals surface area (Å²) in [6.45, 7) is 0. The van der Waals surface area contributed by atoms with E-state index in [1.165, 1.54) is 0 Å². The van der Waals surface area contributed by atoms with Gasteiger partial charge in [-0.15, -0.1) is 0 Å². The van der Waals surface area contributed by atoms with Crippen LogP contribution in [-0.2, 0) is 9.59 Å². The summed E-state index contributed by atoms with van der Waals surface area (Å²) in [5.41, 5.74) is -3.02. The Morgan fingerprint density at radius 1 is 1.05 bits per heavy atom. The summed E-state index contributed by atoms with van der Waals surface area (Å²) in [6.07, 6.45) is 0.0921. The van der Waals surface area contributed by atoms with Crippen LogP contribution in [0.3, 0.4) is 0 Å². The molecule has 2 aromatic rings. The summed E-state index contributed by atoms with van der Waals surface area (Å²) in [7, 11) is -10.1. The van der Waals surface area contributed by atoms with Gasteiger partial charge in [0, 0.05) is 36.3 Å². The van der Waals surface area contributed by atoms with Crippen LogP contribution in [0.15, 0.2) is 47.6 Å². The van der Waals surface area contributed by atoms with Crippen LogP contribution < -0.4 is 10.2 Å².